The van der Waals surface area contributed by atoms with Gasteiger partial charge >= 0.3 is 5.97 Å². The molecule has 4 heteroatoms. The summed E-state index contributed by atoms with van der Waals surface area (Å²) in [6.07, 6.45) is 21.4. The molecule has 228 valence electrons. The van der Waals surface area contributed by atoms with Gasteiger partial charge in [-0.05, 0) is 93.1 Å². The topological polar surface area (TPSA) is 66.8 Å². The number of allylic oxidation sites excluding steroid dienone is 3. The van der Waals surface area contributed by atoms with Crippen molar-refractivity contribution >= 4 is 5.97 Å². The van der Waals surface area contributed by atoms with E-state index in [0.29, 0.717) is 36.5 Å². The lowest BCUT2D eigenvalue weighted by molar-refractivity contribution is -0.150. The van der Waals surface area contributed by atoms with Crippen LogP contribution in [0.2, 0.25) is 0 Å². The molecule has 2 N–H and O–H groups in total. The molecular formula is C36H60O4. The Balaban J connectivity index is 1.59. The number of hydrogen-bond acceptors (Lipinski definition) is 4. The third-order valence-electron chi connectivity index (χ3n) is 10.5. The monoisotopic (exact) mass is 556 g/mol. The molecule has 3 rings (SSSR count). The number of carbonyl (C=O) groups is 1. The van der Waals surface area contributed by atoms with Crippen LogP contribution in [0.15, 0.2) is 35.5 Å². The smallest absolute Gasteiger partial charge is 0.306 e. The molecule has 0 spiro atoms. The molecule has 0 aromatic carbocycles. The number of hydrogen-bond donors (Lipinski definition) is 2. The lowest BCUT2D eigenvalue weighted by Gasteiger charge is -2.44. The number of carbonyl (C=O) groups excluding carboxylic acids is 1. The maximum absolute atomic E-state index is 12.5. The molecule has 6 atom stereocenters. The zero-order chi connectivity index (χ0) is 29.3. The van der Waals surface area contributed by atoms with Crippen LogP contribution in [0.4, 0.5) is 0 Å². The van der Waals surface area contributed by atoms with E-state index in [4.69, 9.17) is 4.74 Å². The molecule has 0 aromatic rings. The van der Waals surface area contributed by atoms with Gasteiger partial charge in [-0.3, -0.25) is 4.79 Å². The van der Waals surface area contributed by atoms with Gasteiger partial charge in [0.05, 0.1) is 11.7 Å². The Kier molecular flexibility index (Phi) is 12.6. The molecule has 0 bridgehead atoms. The maximum Gasteiger partial charge on any atom is 0.306 e. The van der Waals surface area contributed by atoms with Gasteiger partial charge in [0.1, 0.15) is 6.10 Å². The fourth-order valence-electron chi connectivity index (χ4n) is 8.10. The lowest BCUT2D eigenvalue weighted by Crippen LogP contribution is -2.36. The Morgan fingerprint density at radius 2 is 1.88 bits per heavy atom. The zero-order valence-corrected chi connectivity index (χ0v) is 26.5. The molecule has 4 nitrogen and oxygen atoms in total. The SMILES string of the molecule is C=C1/C(=C\C=C2/CCC[C@]3(C)[C@@H]([C@H](C)CCCC(C)(C)O)CC[C@@H]23)C[C@@H](OC(=O)CCCCCCCC)C[C@@H]1O. The van der Waals surface area contributed by atoms with Crippen LogP contribution in [0.25, 0.3) is 0 Å². The average molecular weight is 557 g/mol. The molecule has 0 heterocycles. The summed E-state index contributed by atoms with van der Waals surface area (Å²) in [5.74, 6) is 1.90. The standard InChI is InChI=1S/C36H60O4/c1-7-8-9-10-11-12-17-34(38)40-30-24-29(27(3)33(37)25-30)19-18-28-16-14-23-36(6)31(20-21-32(28)36)26(2)15-13-22-35(4,5)39/h18-19,26,30-33,37,39H,3,7-17,20-25H2,1-2,4-6H3/b28-18+,29-19-/t26-,30-,31-,32+,33+,36-/m1/s1. The molecule has 0 saturated heterocycles. The first kappa shape index (κ1) is 33.1. The largest absolute Gasteiger partial charge is 0.462 e. The quantitative estimate of drug-likeness (QED) is 0.165. The number of ether oxygens (including phenoxy) is 1. The predicted octanol–water partition coefficient (Wildman–Crippen LogP) is 9.01. The van der Waals surface area contributed by atoms with E-state index >= 15 is 0 Å². The second-order valence-electron chi connectivity index (χ2n) is 14.3. The van der Waals surface area contributed by atoms with Crippen molar-refractivity contribution in [2.45, 2.75) is 162 Å². The third kappa shape index (κ3) is 9.31. The van der Waals surface area contributed by atoms with E-state index in [9.17, 15) is 15.0 Å². The van der Waals surface area contributed by atoms with Crippen LogP contribution in [0.3, 0.4) is 0 Å². The second kappa shape index (κ2) is 15.2. The highest BCUT2D eigenvalue weighted by molar-refractivity contribution is 5.69. The Bertz CT molecular complexity index is 893. The number of aliphatic hydroxyl groups excluding tert-OH is 1. The second-order valence-corrected chi connectivity index (χ2v) is 14.3. The van der Waals surface area contributed by atoms with Crippen LogP contribution in [0.5, 0.6) is 0 Å². The maximum atomic E-state index is 12.5. The molecule has 0 aliphatic heterocycles. The first-order valence-electron chi connectivity index (χ1n) is 16.6. The highest BCUT2D eigenvalue weighted by Crippen LogP contribution is 2.60. The Hall–Kier alpha value is -1.39. The molecule has 0 unspecified atom stereocenters. The van der Waals surface area contributed by atoms with E-state index in [1.54, 1.807) is 5.57 Å². The van der Waals surface area contributed by atoms with Gasteiger partial charge in [-0.25, -0.2) is 0 Å². The molecule has 0 radical (unpaired) electrons. The first-order chi connectivity index (χ1) is 18.9. The summed E-state index contributed by atoms with van der Waals surface area (Å²) in [5, 5.41) is 20.8. The number of aliphatic hydroxyl groups is 2. The molecule has 0 amide bonds. The fraction of sp³-hybridized carbons (Fsp3) is 0.806. The summed E-state index contributed by atoms with van der Waals surface area (Å²) < 4.78 is 5.82. The van der Waals surface area contributed by atoms with Crippen molar-refractivity contribution in [3.63, 3.8) is 0 Å². The van der Waals surface area contributed by atoms with Gasteiger partial charge in [-0.2, -0.15) is 0 Å². The average Bonchev–Trinajstić information content (AvgIpc) is 3.24. The summed E-state index contributed by atoms with van der Waals surface area (Å²) in [6.45, 7) is 15.2. The van der Waals surface area contributed by atoms with Gasteiger partial charge in [-0.1, -0.05) is 90.0 Å². The minimum Gasteiger partial charge on any atom is -0.462 e. The highest BCUT2D eigenvalue weighted by atomic mass is 16.5. The lowest BCUT2D eigenvalue weighted by atomic mass is 9.60. The Morgan fingerprint density at radius 3 is 2.60 bits per heavy atom. The molecule has 3 fully saturated rings. The van der Waals surface area contributed by atoms with Crippen molar-refractivity contribution in [1.29, 1.82) is 0 Å². The summed E-state index contributed by atoms with van der Waals surface area (Å²) >= 11 is 0. The predicted molar refractivity (Wildman–Crippen MR) is 166 cm³/mol. The molecule has 3 saturated carbocycles. The van der Waals surface area contributed by atoms with E-state index < -0.39 is 11.7 Å². The summed E-state index contributed by atoms with van der Waals surface area (Å²) in [5.41, 5.74) is 3.14. The molecule has 0 aromatic heterocycles. The summed E-state index contributed by atoms with van der Waals surface area (Å²) in [7, 11) is 0. The van der Waals surface area contributed by atoms with Gasteiger partial charge in [0.2, 0.25) is 0 Å². The van der Waals surface area contributed by atoms with Crippen LogP contribution in [0, 0.1) is 23.2 Å². The molecular weight excluding hydrogens is 496 g/mol. The van der Waals surface area contributed by atoms with Gasteiger partial charge in [0, 0.05) is 19.3 Å². The van der Waals surface area contributed by atoms with Gasteiger partial charge < -0.3 is 14.9 Å². The van der Waals surface area contributed by atoms with Crippen LogP contribution in [-0.2, 0) is 9.53 Å². The number of unbranched alkanes of at least 4 members (excludes halogenated alkanes) is 5. The van der Waals surface area contributed by atoms with Gasteiger partial charge in [-0.15, -0.1) is 0 Å². The van der Waals surface area contributed by atoms with Crippen LogP contribution in [-0.4, -0.2) is 34.0 Å². The summed E-state index contributed by atoms with van der Waals surface area (Å²) in [6, 6.07) is 0. The number of esters is 1. The molecule has 3 aliphatic rings. The number of rotatable bonds is 14. The zero-order valence-electron chi connectivity index (χ0n) is 26.5. The van der Waals surface area contributed by atoms with Crippen molar-refractivity contribution < 1.29 is 19.7 Å². The van der Waals surface area contributed by atoms with Crippen molar-refractivity contribution in [2.24, 2.45) is 23.2 Å². The van der Waals surface area contributed by atoms with E-state index in [-0.39, 0.29) is 12.1 Å². The first-order valence-corrected chi connectivity index (χ1v) is 16.6. The van der Waals surface area contributed by atoms with Crippen molar-refractivity contribution in [3.8, 4) is 0 Å². The van der Waals surface area contributed by atoms with E-state index in [1.807, 2.05) is 13.8 Å². The minimum atomic E-state index is -0.650. The van der Waals surface area contributed by atoms with Crippen LogP contribution >= 0.6 is 0 Å². The van der Waals surface area contributed by atoms with Gasteiger partial charge in [0.25, 0.3) is 0 Å². The van der Waals surface area contributed by atoms with Crippen LogP contribution < -0.4 is 0 Å². The van der Waals surface area contributed by atoms with Crippen LogP contribution in [0.1, 0.15) is 144 Å². The third-order valence-corrected chi connectivity index (χ3v) is 10.5. The fourth-order valence-corrected chi connectivity index (χ4v) is 8.10. The van der Waals surface area contributed by atoms with Crippen molar-refractivity contribution in [1.82, 2.24) is 0 Å². The highest BCUT2D eigenvalue weighted by Gasteiger charge is 2.50. The van der Waals surface area contributed by atoms with Crippen molar-refractivity contribution in [2.75, 3.05) is 0 Å². The molecule has 3 aliphatic carbocycles. The summed E-state index contributed by atoms with van der Waals surface area (Å²) in [4.78, 5) is 12.5. The van der Waals surface area contributed by atoms with E-state index in [1.165, 1.54) is 57.8 Å². The number of fused-ring (bicyclic) bond motifs is 1. The van der Waals surface area contributed by atoms with E-state index in [2.05, 4.69) is 39.5 Å². The molecule has 40 heavy (non-hydrogen) atoms. The Labute approximate surface area is 245 Å². The minimum absolute atomic E-state index is 0.130. The van der Waals surface area contributed by atoms with Gasteiger partial charge in [0.15, 0.2) is 0 Å². The van der Waals surface area contributed by atoms with Crippen molar-refractivity contribution in [3.05, 3.63) is 35.5 Å². The van der Waals surface area contributed by atoms with E-state index in [0.717, 1.165) is 49.2 Å². The normalized spacial score (nSPS) is 31.9. The Morgan fingerprint density at radius 1 is 1.15 bits per heavy atom.